The normalized spacial score (nSPS) is 21.2. The van der Waals surface area contributed by atoms with Gasteiger partial charge in [0.15, 0.2) is 0 Å². The van der Waals surface area contributed by atoms with E-state index in [1.807, 2.05) is 25.1 Å². The summed E-state index contributed by atoms with van der Waals surface area (Å²) in [5.74, 6) is -0.560. The summed E-state index contributed by atoms with van der Waals surface area (Å²) in [5, 5.41) is 3.44. The molecular formula is C16H21ClN2O3. The Morgan fingerprint density at radius 3 is 2.95 bits per heavy atom. The molecule has 2 amide bonds. The van der Waals surface area contributed by atoms with Gasteiger partial charge in [-0.15, -0.1) is 0 Å². The minimum absolute atomic E-state index is 0.0325. The quantitative estimate of drug-likeness (QED) is 0.814. The van der Waals surface area contributed by atoms with Gasteiger partial charge in [-0.3, -0.25) is 9.59 Å². The van der Waals surface area contributed by atoms with Gasteiger partial charge in [0.05, 0.1) is 18.6 Å². The van der Waals surface area contributed by atoms with Crippen LogP contribution in [0.25, 0.3) is 0 Å². The smallest absolute Gasteiger partial charge is 0.226 e. The number of carbonyl (C=O) groups is 2. The Hall–Kier alpha value is -1.59. The molecule has 0 bridgehead atoms. The summed E-state index contributed by atoms with van der Waals surface area (Å²) in [6, 6.07) is 7.03. The molecule has 1 aliphatic rings. The SMILES string of the molecule is CCOCCNC(=O)[C@H]1CC(=O)N(C)[C@H]1c1cccc(Cl)c1. The molecule has 1 aromatic rings. The number of ether oxygens (including phenoxy) is 1. The van der Waals surface area contributed by atoms with E-state index in [9.17, 15) is 9.59 Å². The number of hydrogen-bond donors (Lipinski definition) is 1. The zero-order valence-corrected chi connectivity index (χ0v) is 13.6. The topological polar surface area (TPSA) is 58.6 Å². The summed E-state index contributed by atoms with van der Waals surface area (Å²) >= 11 is 6.03. The first-order valence-corrected chi connectivity index (χ1v) is 7.79. The molecule has 2 rings (SSSR count). The van der Waals surface area contributed by atoms with Crippen molar-refractivity contribution in [2.45, 2.75) is 19.4 Å². The summed E-state index contributed by atoms with van der Waals surface area (Å²) in [4.78, 5) is 26.0. The average molecular weight is 325 g/mol. The van der Waals surface area contributed by atoms with Crippen molar-refractivity contribution in [1.82, 2.24) is 10.2 Å². The first-order valence-electron chi connectivity index (χ1n) is 7.41. The van der Waals surface area contributed by atoms with Gasteiger partial charge < -0.3 is 15.0 Å². The van der Waals surface area contributed by atoms with E-state index in [-0.39, 0.29) is 24.3 Å². The highest BCUT2D eigenvalue weighted by molar-refractivity contribution is 6.30. The summed E-state index contributed by atoms with van der Waals surface area (Å²) < 4.78 is 5.21. The molecule has 1 fully saturated rings. The van der Waals surface area contributed by atoms with Gasteiger partial charge in [0.2, 0.25) is 11.8 Å². The van der Waals surface area contributed by atoms with E-state index < -0.39 is 5.92 Å². The number of amides is 2. The minimum Gasteiger partial charge on any atom is -0.380 e. The Balaban J connectivity index is 2.11. The number of rotatable bonds is 6. The molecule has 0 aliphatic carbocycles. The largest absolute Gasteiger partial charge is 0.380 e. The zero-order valence-electron chi connectivity index (χ0n) is 12.8. The van der Waals surface area contributed by atoms with Crippen LogP contribution < -0.4 is 5.32 Å². The molecule has 1 heterocycles. The van der Waals surface area contributed by atoms with Crippen LogP contribution in [0.2, 0.25) is 5.02 Å². The van der Waals surface area contributed by atoms with Gasteiger partial charge in [-0.05, 0) is 24.6 Å². The van der Waals surface area contributed by atoms with Crippen molar-refractivity contribution < 1.29 is 14.3 Å². The van der Waals surface area contributed by atoms with E-state index in [1.54, 1.807) is 18.0 Å². The molecule has 1 aliphatic heterocycles. The van der Waals surface area contributed by atoms with Crippen molar-refractivity contribution in [2.24, 2.45) is 5.92 Å². The maximum Gasteiger partial charge on any atom is 0.226 e. The fraction of sp³-hybridized carbons (Fsp3) is 0.500. The molecule has 0 saturated carbocycles. The van der Waals surface area contributed by atoms with E-state index in [4.69, 9.17) is 16.3 Å². The minimum atomic E-state index is -0.405. The second kappa shape index (κ2) is 7.61. The lowest BCUT2D eigenvalue weighted by molar-refractivity contribution is -0.128. The second-order valence-corrected chi connectivity index (χ2v) is 5.74. The number of hydrogen-bond acceptors (Lipinski definition) is 3. The zero-order chi connectivity index (χ0) is 16.1. The van der Waals surface area contributed by atoms with Gasteiger partial charge in [-0.1, -0.05) is 23.7 Å². The van der Waals surface area contributed by atoms with Gasteiger partial charge in [-0.25, -0.2) is 0 Å². The standard InChI is InChI=1S/C16H21ClN2O3/c1-3-22-8-7-18-16(21)13-10-14(20)19(2)15(13)11-5-4-6-12(17)9-11/h4-6,9,13,15H,3,7-8,10H2,1-2H3,(H,18,21)/t13-,15-/m0/s1. The van der Waals surface area contributed by atoms with Crippen LogP contribution in [0.3, 0.4) is 0 Å². The lowest BCUT2D eigenvalue weighted by Gasteiger charge is -2.25. The molecule has 0 aromatic heterocycles. The highest BCUT2D eigenvalue weighted by atomic mass is 35.5. The van der Waals surface area contributed by atoms with Crippen molar-refractivity contribution >= 4 is 23.4 Å². The third-order valence-corrected chi connectivity index (χ3v) is 4.10. The molecule has 0 unspecified atom stereocenters. The predicted octanol–water partition coefficient (Wildman–Crippen LogP) is 2.01. The third-order valence-electron chi connectivity index (χ3n) is 3.86. The van der Waals surface area contributed by atoms with Crippen LogP contribution >= 0.6 is 11.6 Å². The number of likely N-dealkylation sites (tertiary alicyclic amines) is 1. The van der Waals surface area contributed by atoms with Crippen LogP contribution in [-0.2, 0) is 14.3 Å². The number of nitrogens with zero attached hydrogens (tertiary/aromatic N) is 1. The number of benzene rings is 1. The third kappa shape index (κ3) is 3.78. The Labute approximate surface area is 135 Å². The van der Waals surface area contributed by atoms with Gasteiger partial charge in [0.25, 0.3) is 0 Å². The molecule has 120 valence electrons. The van der Waals surface area contributed by atoms with Gasteiger partial charge in [-0.2, -0.15) is 0 Å². The first kappa shape index (κ1) is 16.8. The maximum absolute atomic E-state index is 12.4. The van der Waals surface area contributed by atoms with Gasteiger partial charge >= 0.3 is 0 Å². The molecule has 1 aromatic carbocycles. The van der Waals surface area contributed by atoms with Crippen molar-refractivity contribution in [3.05, 3.63) is 34.9 Å². The van der Waals surface area contributed by atoms with Crippen molar-refractivity contribution in [3.63, 3.8) is 0 Å². The first-order chi connectivity index (χ1) is 10.5. The Morgan fingerprint density at radius 2 is 2.27 bits per heavy atom. The van der Waals surface area contributed by atoms with Crippen LogP contribution in [0.5, 0.6) is 0 Å². The van der Waals surface area contributed by atoms with Crippen LogP contribution in [0, 0.1) is 5.92 Å². The van der Waals surface area contributed by atoms with Gasteiger partial charge in [0.1, 0.15) is 0 Å². The number of nitrogens with one attached hydrogen (secondary N) is 1. The molecule has 0 spiro atoms. The Bertz CT molecular complexity index is 550. The molecule has 6 heteroatoms. The molecule has 1 saturated heterocycles. The lowest BCUT2D eigenvalue weighted by atomic mass is 9.93. The van der Waals surface area contributed by atoms with Crippen molar-refractivity contribution in [1.29, 1.82) is 0 Å². The molecule has 1 N–H and O–H groups in total. The van der Waals surface area contributed by atoms with Crippen molar-refractivity contribution in [2.75, 3.05) is 26.8 Å². The van der Waals surface area contributed by atoms with E-state index in [2.05, 4.69) is 5.32 Å². The lowest BCUT2D eigenvalue weighted by Crippen LogP contribution is -2.36. The Morgan fingerprint density at radius 1 is 1.50 bits per heavy atom. The molecule has 2 atom stereocenters. The number of carbonyl (C=O) groups excluding carboxylic acids is 2. The molecule has 0 radical (unpaired) electrons. The van der Waals surface area contributed by atoms with E-state index in [1.165, 1.54) is 0 Å². The fourth-order valence-electron chi connectivity index (χ4n) is 2.77. The summed E-state index contributed by atoms with van der Waals surface area (Å²) in [6.45, 7) is 3.44. The van der Waals surface area contributed by atoms with Gasteiger partial charge in [0, 0.05) is 31.6 Å². The summed E-state index contributed by atoms with van der Waals surface area (Å²) in [5.41, 5.74) is 0.880. The second-order valence-electron chi connectivity index (χ2n) is 5.30. The van der Waals surface area contributed by atoms with Crippen LogP contribution in [-0.4, -0.2) is 43.5 Å². The predicted molar refractivity (Wildman–Crippen MR) is 84.6 cm³/mol. The Kier molecular flexibility index (Phi) is 5.80. The van der Waals surface area contributed by atoms with Crippen LogP contribution in [0.1, 0.15) is 24.9 Å². The highest BCUT2D eigenvalue weighted by Gasteiger charge is 2.42. The number of halogens is 1. The summed E-state index contributed by atoms with van der Waals surface area (Å²) in [7, 11) is 1.72. The van der Waals surface area contributed by atoms with Crippen LogP contribution in [0.4, 0.5) is 0 Å². The monoisotopic (exact) mass is 324 g/mol. The summed E-state index contributed by atoms with van der Waals surface area (Å²) in [6.07, 6.45) is 0.216. The van der Waals surface area contributed by atoms with Crippen molar-refractivity contribution in [3.8, 4) is 0 Å². The molecular weight excluding hydrogens is 304 g/mol. The molecule has 5 nitrogen and oxygen atoms in total. The van der Waals surface area contributed by atoms with E-state index >= 15 is 0 Å². The fourth-order valence-corrected chi connectivity index (χ4v) is 2.97. The van der Waals surface area contributed by atoms with E-state index in [0.717, 1.165) is 5.56 Å². The maximum atomic E-state index is 12.4. The highest BCUT2D eigenvalue weighted by Crippen LogP contribution is 2.37. The average Bonchev–Trinajstić information content (AvgIpc) is 2.79. The van der Waals surface area contributed by atoms with E-state index in [0.29, 0.717) is 24.8 Å². The molecule has 22 heavy (non-hydrogen) atoms. The van der Waals surface area contributed by atoms with Crippen LogP contribution in [0.15, 0.2) is 24.3 Å².